The molecule has 0 spiro atoms. The van der Waals surface area contributed by atoms with Gasteiger partial charge in [0.25, 0.3) is 0 Å². The van der Waals surface area contributed by atoms with Crippen molar-refractivity contribution < 1.29 is 65.8 Å². The van der Waals surface area contributed by atoms with E-state index in [4.69, 9.17) is 20.3 Å². The summed E-state index contributed by atoms with van der Waals surface area (Å²) in [6.45, 7) is -3.22. The second kappa shape index (κ2) is 9.21. The van der Waals surface area contributed by atoms with Gasteiger partial charge in [0.15, 0.2) is 11.4 Å². The minimum Gasteiger partial charge on any atom is -0.387 e. The van der Waals surface area contributed by atoms with Gasteiger partial charge in [-0.15, -0.1) is 0 Å². The van der Waals surface area contributed by atoms with E-state index in [1.54, 1.807) is 6.07 Å². The van der Waals surface area contributed by atoms with E-state index in [0.717, 1.165) is 10.8 Å². The first kappa shape index (κ1) is 27.7. The maximum atomic E-state index is 14.1. The van der Waals surface area contributed by atoms with Gasteiger partial charge in [0.1, 0.15) is 36.8 Å². The monoisotopic (exact) mass is 563 g/mol. The SMILES string of the molecule is N#C[C@@]1(c2ccc3c(N)ncnn23)O[C@](CF)(COP(=O)(O)OP(=O)(O)OP(=O)(O)O)[C@@H](O)[C@H]1O. The Bertz CT molecular complexity index is 1310. The van der Waals surface area contributed by atoms with Crippen LogP contribution in [0.15, 0.2) is 18.5 Å². The number of nitrogen functional groups attached to an aromatic ring is 1. The molecule has 8 N–H and O–H groups in total. The van der Waals surface area contributed by atoms with Crippen molar-refractivity contribution in [1.82, 2.24) is 14.6 Å². The summed E-state index contributed by atoms with van der Waals surface area (Å²) in [5, 5.41) is 34.9. The Morgan fingerprint density at radius 2 is 1.83 bits per heavy atom. The zero-order chi connectivity index (χ0) is 26.4. The van der Waals surface area contributed by atoms with Gasteiger partial charge in [-0.05, 0) is 12.1 Å². The van der Waals surface area contributed by atoms with Crippen LogP contribution in [0, 0.1) is 11.3 Å². The van der Waals surface area contributed by atoms with Crippen molar-refractivity contribution in [3.63, 3.8) is 0 Å². The maximum Gasteiger partial charge on any atom is 0.490 e. The summed E-state index contributed by atoms with van der Waals surface area (Å²) in [7, 11) is -17.3. The molecule has 0 aliphatic carbocycles. The highest BCUT2D eigenvalue weighted by molar-refractivity contribution is 7.66. The third-order valence-corrected chi connectivity index (χ3v) is 8.54. The second-order valence-electron chi connectivity index (χ2n) is 7.06. The molecule has 0 aromatic carbocycles. The number of fused-ring (bicyclic) bond motifs is 1. The summed E-state index contributed by atoms with van der Waals surface area (Å²) in [5.74, 6) is -0.0446. The van der Waals surface area contributed by atoms with Crippen LogP contribution in [0.5, 0.6) is 0 Å². The molecule has 0 radical (unpaired) electrons. The van der Waals surface area contributed by atoms with Crippen molar-refractivity contribution in [2.75, 3.05) is 19.0 Å². The van der Waals surface area contributed by atoms with Gasteiger partial charge in [-0.1, -0.05) is 0 Å². The van der Waals surface area contributed by atoms with E-state index in [1.807, 2.05) is 0 Å². The smallest absolute Gasteiger partial charge is 0.387 e. The van der Waals surface area contributed by atoms with Gasteiger partial charge in [-0.3, -0.25) is 4.52 Å². The van der Waals surface area contributed by atoms with E-state index in [2.05, 4.69) is 23.2 Å². The molecule has 2 aromatic heterocycles. The third kappa shape index (κ3) is 5.31. The fraction of sp³-hybridized carbons (Fsp3) is 0.462. The predicted octanol–water partition coefficient (Wildman–Crippen LogP) is -1.17. The van der Waals surface area contributed by atoms with Gasteiger partial charge < -0.3 is 40.3 Å². The van der Waals surface area contributed by atoms with E-state index >= 15 is 0 Å². The molecular formula is C13H17FN5O13P3. The van der Waals surface area contributed by atoms with Crippen LogP contribution < -0.4 is 5.73 Å². The topological polar surface area (TPSA) is 290 Å². The first-order valence-electron chi connectivity index (χ1n) is 8.92. The second-order valence-corrected chi connectivity index (χ2v) is 11.5. The molecule has 2 aromatic rings. The number of nitriles is 1. The van der Waals surface area contributed by atoms with E-state index < -0.39 is 60.2 Å². The summed E-state index contributed by atoms with van der Waals surface area (Å²) in [6.07, 6.45) is -3.52. The number of ether oxygens (including phenoxy) is 1. The Morgan fingerprint density at radius 3 is 2.40 bits per heavy atom. The maximum absolute atomic E-state index is 14.1. The quantitative estimate of drug-likeness (QED) is 0.177. The lowest BCUT2D eigenvalue weighted by Crippen LogP contribution is -2.48. The average molecular weight is 563 g/mol. The van der Waals surface area contributed by atoms with Gasteiger partial charge in [0.2, 0.25) is 5.60 Å². The van der Waals surface area contributed by atoms with Crippen molar-refractivity contribution in [2.45, 2.75) is 23.4 Å². The fourth-order valence-corrected chi connectivity index (χ4v) is 6.37. The van der Waals surface area contributed by atoms with Crippen LogP contribution in [-0.2, 0) is 37.2 Å². The summed E-state index contributed by atoms with van der Waals surface area (Å²) >= 11 is 0. The number of nitrogens with zero attached hydrogens (tertiary/aromatic N) is 4. The summed E-state index contributed by atoms with van der Waals surface area (Å²) < 4.78 is 66.2. The van der Waals surface area contributed by atoms with E-state index in [1.165, 1.54) is 12.1 Å². The molecule has 6 atom stereocenters. The molecule has 1 fully saturated rings. The van der Waals surface area contributed by atoms with Gasteiger partial charge in [0.05, 0.1) is 12.3 Å². The Morgan fingerprint density at radius 1 is 1.17 bits per heavy atom. The fourth-order valence-electron chi connectivity index (χ4n) is 3.29. The number of phosphoric ester groups is 1. The minimum atomic E-state index is -5.89. The van der Waals surface area contributed by atoms with Crippen LogP contribution in [0.2, 0.25) is 0 Å². The normalized spacial score (nSPS) is 30.6. The molecule has 2 unspecified atom stereocenters. The lowest BCUT2D eigenvalue weighted by Gasteiger charge is -2.30. The number of hydrogen-bond acceptors (Lipinski definition) is 13. The Kier molecular flexibility index (Phi) is 7.30. The molecule has 18 nitrogen and oxygen atoms in total. The average Bonchev–Trinajstić information content (AvgIpc) is 3.25. The Balaban J connectivity index is 1.92. The number of alkyl halides is 1. The largest absolute Gasteiger partial charge is 0.490 e. The van der Waals surface area contributed by atoms with Crippen LogP contribution in [0.3, 0.4) is 0 Å². The molecule has 22 heteroatoms. The van der Waals surface area contributed by atoms with Gasteiger partial charge in [-0.2, -0.15) is 19.0 Å². The van der Waals surface area contributed by atoms with Crippen LogP contribution in [0.25, 0.3) is 5.52 Å². The van der Waals surface area contributed by atoms with Crippen molar-refractivity contribution in [2.24, 2.45) is 0 Å². The zero-order valence-corrected chi connectivity index (χ0v) is 19.6. The highest BCUT2D eigenvalue weighted by Crippen LogP contribution is 2.66. The van der Waals surface area contributed by atoms with Gasteiger partial charge >= 0.3 is 23.5 Å². The molecule has 0 amide bonds. The number of anilines is 1. The van der Waals surface area contributed by atoms with Crippen LogP contribution in [0.4, 0.5) is 10.2 Å². The lowest BCUT2D eigenvalue weighted by atomic mass is 9.89. The zero-order valence-electron chi connectivity index (χ0n) is 16.9. The number of nitrogens with two attached hydrogens (primary N) is 1. The van der Waals surface area contributed by atoms with Crippen molar-refractivity contribution in [3.05, 3.63) is 24.2 Å². The first-order valence-corrected chi connectivity index (χ1v) is 13.4. The first-order chi connectivity index (χ1) is 16.0. The van der Waals surface area contributed by atoms with E-state index in [-0.39, 0.29) is 17.0 Å². The van der Waals surface area contributed by atoms with E-state index in [9.17, 15) is 43.3 Å². The molecule has 1 aliphatic rings. The summed E-state index contributed by atoms with van der Waals surface area (Å²) in [4.78, 5) is 39.7. The number of hydrogen-bond donors (Lipinski definition) is 7. The molecule has 0 saturated carbocycles. The summed E-state index contributed by atoms with van der Waals surface area (Å²) in [6, 6.07) is 4.12. The van der Waals surface area contributed by atoms with Crippen LogP contribution >= 0.6 is 23.5 Å². The number of phosphoric acid groups is 3. The molecule has 0 bridgehead atoms. The number of rotatable bonds is 9. The number of halogens is 1. The highest BCUT2D eigenvalue weighted by atomic mass is 31.3. The van der Waals surface area contributed by atoms with Crippen molar-refractivity contribution >= 4 is 34.8 Å². The number of aromatic nitrogens is 3. The minimum absolute atomic E-state index is 0.0446. The Labute approximate surface area is 193 Å². The predicted molar refractivity (Wildman–Crippen MR) is 106 cm³/mol. The molecule has 1 saturated heterocycles. The van der Waals surface area contributed by atoms with E-state index in [0.29, 0.717) is 0 Å². The van der Waals surface area contributed by atoms with Crippen molar-refractivity contribution in [1.29, 1.82) is 5.26 Å². The van der Waals surface area contributed by atoms with Gasteiger partial charge in [0, 0.05) is 0 Å². The molecule has 35 heavy (non-hydrogen) atoms. The van der Waals surface area contributed by atoms with Crippen molar-refractivity contribution in [3.8, 4) is 6.07 Å². The molecule has 194 valence electrons. The lowest BCUT2D eigenvalue weighted by molar-refractivity contribution is -0.142. The summed E-state index contributed by atoms with van der Waals surface area (Å²) in [5.41, 5.74) is 0.340. The third-order valence-electron chi connectivity index (χ3n) is 4.76. The number of aliphatic hydroxyl groups is 2. The Hall–Kier alpha value is -1.87. The molecule has 3 heterocycles. The molecule has 1 aliphatic heterocycles. The molecular weight excluding hydrogens is 546 g/mol. The molecule has 3 rings (SSSR count). The van der Waals surface area contributed by atoms with Crippen LogP contribution in [-0.4, -0.2) is 75.5 Å². The standard InChI is InChI=1S/C13H17FN5O13P3/c14-3-12(5-29-34(25,26)32-35(27,28)31-33(22,23)24)9(20)10(21)13(4-15,30-12)8-2-1-7-11(16)17-6-18-19(7)8/h1-2,6,9-10,20-21H,3,5H2,(H,25,26)(H,27,28)(H2,16,17,18)(H2,22,23,24)/t9-,10+,12+,13-/m0/s1. The number of aliphatic hydroxyl groups excluding tert-OH is 2. The van der Waals surface area contributed by atoms with Gasteiger partial charge in [-0.25, -0.2) is 27.6 Å². The van der Waals surface area contributed by atoms with Crippen LogP contribution in [0.1, 0.15) is 5.69 Å². The highest BCUT2D eigenvalue weighted by Gasteiger charge is 2.65.